The molecule has 0 aliphatic heterocycles. The highest BCUT2D eigenvalue weighted by molar-refractivity contribution is 5.81. The first-order valence-electron chi connectivity index (χ1n) is 5.47. The summed E-state index contributed by atoms with van der Waals surface area (Å²) in [4.78, 5) is 11.8. The van der Waals surface area contributed by atoms with Gasteiger partial charge < -0.3 is 11.1 Å². The Bertz CT molecular complexity index is 380. The first-order valence-corrected chi connectivity index (χ1v) is 5.47. The van der Waals surface area contributed by atoms with Crippen LogP contribution in [0, 0.1) is 5.41 Å². The summed E-state index contributed by atoms with van der Waals surface area (Å²) in [5.41, 5.74) is 7.08. The molecule has 0 heterocycles. The normalized spacial score (nSPS) is 13.2. The molecule has 3 heteroatoms. The lowest BCUT2D eigenvalue weighted by molar-refractivity contribution is -0.129. The van der Waals surface area contributed by atoms with E-state index in [9.17, 15) is 4.79 Å². The number of amides is 1. The van der Waals surface area contributed by atoms with Crippen molar-refractivity contribution in [1.29, 1.82) is 0 Å². The highest BCUT2D eigenvalue weighted by atomic mass is 16.2. The van der Waals surface area contributed by atoms with Gasteiger partial charge >= 0.3 is 0 Å². The average Bonchev–Trinajstić information content (AvgIpc) is 2.16. The number of anilines is 1. The van der Waals surface area contributed by atoms with Crippen molar-refractivity contribution in [2.45, 2.75) is 33.7 Å². The lowest BCUT2D eigenvalue weighted by Gasteiger charge is -2.22. The van der Waals surface area contributed by atoms with Crippen LogP contribution in [0.3, 0.4) is 0 Å². The van der Waals surface area contributed by atoms with Gasteiger partial charge in [0.2, 0.25) is 5.91 Å². The van der Waals surface area contributed by atoms with Gasteiger partial charge in [-0.15, -0.1) is 0 Å². The van der Waals surface area contributed by atoms with E-state index in [2.05, 4.69) is 5.32 Å². The lowest BCUT2D eigenvalue weighted by Crippen LogP contribution is -2.36. The van der Waals surface area contributed by atoms with Crippen LogP contribution in [0.4, 0.5) is 5.69 Å². The Balaban J connectivity index is 2.73. The van der Waals surface area contributed by atoms with Gasteiger partial charge in [0.15, 0.2) is 0 Å². The van der Waals surface area contributed by atoms with Crippen LogP contribution in [0.25, 0.3) is 0 Å². The van der Waals surface area contributed by atoms with Gasteiger partial charge in [0.25, 0.3) is 0 Å². The predicted octanol–water partition coefficient (Wildman–Crippen LogP) is 2.49. The Labute approximate surface area is 97.0 Å². The fraction of sp³-hybridized carbons (Fsp3) is 0.462. The van der Waals surface area contributed by atoms with Crippen LogP contribution in [0.5, 0.6) is 0 Å². The summed E-state index contributed by atoms with van der Waals surface area (Å²) in [5, 5.41) is 2.97. The van der Waals surface area contributed by atoms with Crippen molar-refractivity contribution >= 4 is 11.6 Å². The second-order valence-electron chi connectivity index (χ2n) is 5.12. The molecule has 0 aliphatic rings. The molecule has 1 amide bonds. The van der Waals surface area contributed by atoms with Crippen LogP contribution in [0.1, 0.15) is 39.3 Å². The Morgan fingerprint density at radius 1 is 1.38 bits per heavy atom. The SMILES string of the molecule is CC(NC(=O)C(C)(C)C)c1cccc(N)c1. The summed E-state index contributed by atoms with van der Waals surface area (Å²) in [6.45, 7) is 7.65. The molecule has 0 fully saturated rings. The van der Waals surface area contributed by atoms with E-state index in [0.717, 1.165) is 5.56 Å². The zero-order valence-electron chi connectivity index (χ0n) is 10.4. The van der Waals surface area contributed by atoms with Crippen molar-refractivity contribution in [2.75, 3.05) is 5.73 Å². The van der Waals surface area contributed by atoms with Crippen LogP contribution < -0.4 is 11.1 Å². The van der Waals surface area contributed by atoms with Crippen molar-refractivity contribution < 1.29 is 4.79 Å². The first kappa shape index (κ1) is 12.6. The van der Waals surface area contributed by atoms with Gasteiger partial charge in [-0.05, 0) is 24.6 Å². The van der Waals surface area contributed by atoms with Gasteiger partial charge in [-0.25, -0.2) is 0 Å². The number of hydrogen-bond acceptors (Lipinski definition) is 2. The molecule has 1 aromatic carbocycles. The highest BCUT2D eigenvalue weighted by Gasteiger charge is 2.22. The molecule has 0 aliphatic carbocycles. The highest BCUT2D eigenvalue weighted by Crippen LogP contribution is 2.19. The lowest BCUT2D eigenvalue weighted by atomic mass is 9.94. The van der Waals surface area contributed by atoms with Crippen LogP contribution in [0.15, 0.2) is 24.3 Å². The van der Waals surface area contributed by atoms with E-state index >= 15 is 0 Å². The Morgan fingerprint density at radius 3 is 2.50 bits per heavy atom. The van der Waals surface area contributed by atoms with Crippen molar-refractivity contribution in [3.63, 3.8) is 0 Å². The third kappa shape index (κ3) is 3.26. The fourth-order valence-corrected chi connectivity index (χ4v) is 1.32. The zero-order chi connectivity index (χ0) is 12.3. The Kier molecular flexibility index (Phi) is 3.58. The number of carbonyl (C=O) groups excluding carboxylic acids is 1. The van der Waals surface area contributed by atoms with Crippen molar-refractivity contribution in [2.24, 2.45) is 5.41 Å². The number of nitrogens with two attached hydrogens (primary N) is 1. The molecule has 88 valence electrons. The summed E-state index contributed by atoms with van der Waals surface area (Å²) in [7, 11) is 0. The smallest absolute Gasteiger partial charge is 0.225 e. The summed E-state index contributed by atoms with van der Waals surface area (Å²) >= 11 is 0. The monoisotopic (exact) mass is 220 g/mol. The minimum Gasteiger partial charge on any atom is -0.399 e. The molecule has 0 aromatic heterocycles. The van der Waals surface area contributed by atoms with Crippen molar-refractivity contribution in [1.82, 2.24) is 5.32 Å². The Morgan fingerprint density at radius 2 is 2.00 bits per heavy atom. The van der Waals surface area contributed by atoms with E-state index in [1.54, 1.807) is 0 Å². The molecule has 1 unspecified atom stereocenters. The van der Waals surface area contributed by atoms with E-state index in [-0.39, 0.29) is 17.4 Å². The van der Waals surface area contributed by atoms with Crippen LogP contribution in [0.2, 0.25) is 0 Å². The van der Waals surface area contributed by atoms with E-state index in [0.29, 0.717) is 5.69 Å². The maximum atomic E-state index is 11.8. The summed E-state index contributed by atoms with van der Waals surface area (Å²) < 4.78 is 0. The van der Waals surface area contributed by atoms with Gasteiger partial charge in [0, 0.05) is 11.1 Å². The number of nitrogen functional groups attached to an aromatic ring is 1. The van der Waals surface area contributed by atoms with Crippen LogP contribution >= 0.6 is 0 Å². The van der Waals surface area contributed by atoms with Crippen molar-refractivity contribution in [3.8, 4) is 0 Å². The molecule has 0 saturated heterocycles. The molecule has 1 rings (SSSR count). The first-order chi connectivity index (χ1) is 7.30. The van der Waals surface area contributed by atoms with Gasteiger partial charge in [-0.3, -0.25) is 4.79 Å². The second-order valence-corrected chi connectivity index (χ2v) is 5.12. The number of benzene rings is 1. The zero-order valence-corrected chi connectivity index (χ0v) is 10.4. The van der Waals surface area contributed by atoms with Gasteiger partial charge in [0.05, 0.1) is 6.04 Å². The molecule has 1 atom stereocenters. The van der Waals surface area contributed by atoms with E-state index in [4.69, 9.17) is 5.73 Å². The molecule has 3 N–H and O–H groups in total. The predicted molar refractivity (Wildman–Crippen MR) is 66.9 cm³/mol. The van der Waals surface area contributed by atoms with Crippen LogP contribution in [-0.4, -0.2) is 5.91 Å². The Hall–Kier alpha value is -1.51. The second kappa shape index (κ2) is 4.56. The third-order valence-corrected chi connectivity index (χ3v) is 2.44. The average molecular weight is 220 g/mol. The standard InChI is InChI=1S/C13H20N2O/c1-9(15-12(16)13(2,3)4)10-6-5-7-11(14)8-10/h5-9H,14H2,1-4H3,(H,15,16). The van der Waals surface area contributed by atoms with E-state index < -0.39 is 0 Å². The number of rotatable bonds is 2. The number of carbonyl (C=O) groups is 1. The molecule has 0 saturated carbocycles. The fourth-order valence-electron chi connectivity index (χ4n) is 1.32. The molecule has 3 nitrogen and oxygen atoms in total. The van der Waals surface area contributed by atoms with E-state index in [1.165, 1.54) is 0 Å². The molecule has 0 bridgehead atoms. The van der Waals surface area contributed by atoms with Crippen molar-refractivity contribution in [3.05, 3.63) is 29.8 Å². The molecule has 0 spiro atoms. The number of nitrogens with one attached hydrogen (secondary N) is 1. The summed E-state index contributed by atoms with van der Waals surface area (Å²) in [5.74, 6) is 0.0439. The quantitative estimate of drug-likeness (QED) is 0.752. The van der Waals surface area contributed by atoms with Gasteiger partial charge in [-0.1, -0.05) is 32.9 Å². The van der Waals surface area contributed by atoms with Crippen LogP contribution in [-0.2, 0) is 4.79 Å². The maximum Gasteiger partial charge on any atom is 0.225 e. The maximum absolute atomic E-state index is 11.8. The minimum atomic E-state index is -0.366. The third-order valence-electron chi connectivity index (χ3n) is 2.44. The molecule has 16 heavy (non-hydrogen) atoms. The molecular formula is C13H20N2O. The van der Waals surface area contributed by atoms with Gasteiger partial charge in [0.1, 0.15) is 0 Å². The molecular weight excluding hydrogens is 200 g/mol. The largest absolute Gasteiger partial charge is 0.399 e. The number of hydrogen-bond donors (Lipinski definition) is 2. The van der Waals surface area contributed by atoms with Gasteiger partial charge in [-0.2, -0.15) is 0 Å². The van der Waals surface area contributed by atoms with E-state index in [1.807, 2.05) is 52.0 Å². The molecule has 0 radical (unpaired) electrons. The summed E-state index contributed by atoms with van der Waals surface area (Å²) in [6, 6.07) is 7.55. The summed E-state index contributed by atoms with van der Waals surface area (Å²) in [6.07, 6.45) is 0. The topological polar surface area (TPSA) is 55.1 Å². The molecule has 1 aromatic rings. The minimum absolute atomic E-state index is 0.0183.